The lowest BCUT2D eigenvalue weighted by Crippen LogP contribution is -2.43. The molecule has 1 unspecified atom stereocenters. The fourth-order valence-electron chi connectivity index (χ4n) is 2.59. The first-order valence-corrected chi connectivity index (χ1v) is 7.58. The lowest BCUT2D eigenvalue weighted by Gasteiger charge is -2.35. The number of halogens is 1. The maximum Gasteiger partial charge on any atom is 0.269 e. The van der Waals surface area contributed by atoms with Crippen molar-refractivity contribution in [1.82, 2.24) is 15.2 Å². The van der Waals surface area contributed by atoms with E-state index in [1.165, 1.54) is 12.8 Å². The van der Waals surface area contributed by atoms with Gasteiger partial charge in [0.25, 0.3) is 5.91 Å². The number of likely N-dealkylation sites (tertiary alicyclic amines) is 1. The monoisotopic (exact) mass is 295 g/mol. The predicted molar refractivity (Wildman–Crippen MR) is 81.0 cm³/mol. The van der Waals surface area contributed by atoms with Crippen LogP contribution in [0.3, 0.4) is 0 Å². The maximum atomic E-state index is 12.0. The molecule has 0 spiro atoms. The molecular formula is C15H22ClN3O. The highest BCUT2D eigenvalue weighted by atomic mass is 35.5. The molecule has 110 valence electrons. The lowest BCUT2D eigenvalue weighted by molar-refractivity contribution is 0.0918. The molecule has 1 N–H and O–H groups in total. The van der Waals surface area contributed by atoms with Gasteiger partial charge in [0.05, 0.1) is 0 Å². The van der Waals surface area contributed by atoms with Gasteiger partial charge in [0, 0.05) is 30.4 Å². The van der Waals surface area contributed by atoms with Crippen LogP contribution in [0, 0.1) is 5.92 Å². The number of amides is 1. The number of nitrogens with one attached hydrogen (secondary N) is 1. The van der Waals surface area contributed by atoms with Gasteiger partial charge in [-0.05, 0) is 51.3 Å². The third-order valence-electron chi connectivity index (χ3n) is 3.79. The van der Waals surface area contributed by atoms with E-state index in [0.29, 0.717) is 29.2 Å². The molecule has 2 heterocycles. The Kier molecular flexibility index (Phi) is 5.38. The van der Waals surface area contributed by atoms with Crippen molar-refractivity contribution in [3.05, 3.63) is 29.0 Å². The summed E-state index contributed by atoms with van der Waals surface area (Å²) in [6.07, 6.45) is 3.93. The summed E-state index contributed by atoms with van der Waals surface area (Å²) >= 11 is 5.87. The largest absolute Gasteiger partial charge is 0.350 e. The van der Waals surface area contributed by atoms with Crippen molar-refractivity contribution in [3.8, 4) is 0 Å². The van der Waals surface area contributed by atoms with E-state index in [1.807, 2.05) is 0 Å². The number of nitrogens with zero attached hydrogens (tertiary/aromatic N) is 2. The highest BCUT2D eigenvalue weighted by Gasteiger charge is 2.22. The number of carbonyl (C=O) groups excluding carboxylic acids is 1. The zero-order valence-electron chi connectivity index (χ0n) is 12.1. The van der Waals surface area contributed by atoms with Gasteiger partial charge < -0.3 is 10.2 Å². The second kappa shape index (κ2) is 7.04. The topological polar surface area (TPSA) is 45.2 Å². The summed E-state index contributed by atoms with van der Waals surface area (Å²) in [5, 5.41) is 3.50. The van der Waals surface area contributed by atoms with Crippen LogP contribution in [0.2, 0.25) is 5.02 Å². The van der Waals surface area contributed by atoms with Crippen LogP contribution in [0.1, 0.15) is 37.2 Å². The van der Waals surface area contributed by atoms with E-state index < -0.39 is 0 Å². The van der Waals surface area contributed by atoms with Gasteiger partial charge in [-0.3, -0.25) is 9.78 Å². The average molecular weight is 296 g/mol. The summed E-state index contributed by atoms with van der Waals surface area (Å²) < 4.78 is 0. The summed E-state index contributed by atoms with van der Waals surface area (Å²) in [5.74, 6) is 0.378. The van der Waals surface area contributed by atoms with E-state index in [2.05, 4.69) is 29.0 Å². The summed E-state index contributed by atoms with van der Waals surface area (Å²) in [4.78, 5) is 18.5. The summed E-state index contributed by atoms with van der Waals surface area (Å²) in [6.45, 7) is 7.36. The van der Waals surface area contributed by atoms with Crippen LogP contribution in [-0.4, -0.2) is 41.5 Å². The number of aromatic nitrogens is 1. The minimum Gasteiger partial charge on any atom is -0.350 e. The van der Waals surface area contributed by atoms with Crippen molar-refractivity contribution in [3.63, 3.8) is 0 Å². The van der Waals surface area contributed by atoms with Crippen molar-refractivity contribution in [2.75, 3.05) is 19.6 Å². The lowest BCUT2D eigenvalue weighted by atomic mass is 9.97. The first-order valence-electron chi connectivity index (χ1n) is 7.20. The molecule has 1 aliphatic heterocycles. The standard InChI is InChI=1S/C15H22ClN3O/c1-11(2)19-7-3-4-12(10-19)9-18-15(20)14-8-13(16)5-6-17-14/h5-6,8,11-12H,3-4,7,9-10H2,1-2H3,(H,18,20). The van der Waals surface area contributed by atoms with Gasteiger partial charge >= 0.3 is 0 Å². The number of hydrogen-bond donors (Lipinski definition) is 1. The molecule has 0 radical (unpaired) electrons. The van der Waals surface area contributed by atoms with Gasteiger partial charge in [0.1, 0.15) is 5.69 Å². The summed E-state index contributed by atoms with van der Waals surface area (Å²) in [6, 6.07) is 3.83. The second-order valence-corrected chi connectivity index (χ2v) is 6.10. The van der Waals surface area contributed by atoms with Gasteiger partial charge in [0.15, 0.2) is 0 Å². The molecule has 20 heavy (non-hydrogen) atoms. The molecule has 0 saturated carbocycles. The number of carbonyl (C=O) groups is 1. The molecular weight excluding hydrogens is 274 g/mol. The SMILES string of the molecule is CC(C)N1CCCC(CNC(=O)c2cc(Cl)ccn2)C1. The molecule has 1 amide bonds. The van der Waals surface area contributed by atoms with Crippen LogP contribution in [0.15, 0.2) is 18.3 Å². The third-order valence-corrected chi connectivity index (χ3v) is 4.02. The Balaban J connectivity index is 1.84. The van der Waals surface area contributed by atoms with Crippen LogP contribution in [0.25, 0.3) is 0 Å². The zero-order valence-corrected chi connectivity index (χ0v) is 12.9. The minimum atomic E-state index is -0.144. The smallest absolute Gasteiger partial charge is 0.269 e. The fourth-order valence-corrected chi connectivity index (χ4v) is 2.75. The molecule has 1 aromatic heterocycles. The van der Waals surface area contributed by atoms with E-state index in [0.717, 1.165) is 13.1 Å². The third kappa shape index (κ3) is 4.18. The molecule has 5 heteroatoms. The van der Waals surface area contributed by atoms with E-state index in [4.69, 9.17) is 11.6 Å². The van der Waals surface area contributed by atoms with Crippen molar-refractivity contribution in [2.24, 2.45) is 5.92 Å². The van der Waals surface area contributed by atoms with Crippen molar-refractivity contribution >= 4 is 17.5 Å². The predicted octanol–water partition coefficient (Wildman–Crippen LogP) is 2.59. The summed E-state index contributed by atoms with van der Waals surface area (Å²) in [7, 11) is 0. The maximum absolute atomic E-state index is 12.0. The molecule has 2 rings (SSSR count). The molecule has 1 aliphatic rings. The van der Waals surface area contributed by atoms with Crippen molar-refractivity contribution in [2.45, 2.75) is 32.7 Å². The van der Waals surface area contributed by atoms with Crippen LogP contribution in [0.5, 0.6) is 0 Å². The number of piperidine rings is 1. The molecule has 1 saturated heterocycles. The van der Waals surface area contributed by atoms with Gasteiger partial charge in [-0.15, -0.1) is 0 Å². The van der Waals surface area contributed by atoms with E-state index >= 15 is 0 Å². The Bertz CT molecular complexity index is 464. The van der Waals surface area contributed by atoms with Gasteiger partial charge in [0.2, 0.25) is 0 Å². The Morgan fingerprint density at radius 3 is 3.10 bits per heavy atom. The quantitative estimate of drug-likeness (QED) is 0.928. The van der Waals surface area contributed by atoms with Crippen molar-refractivity contribution < 1.29 is 4.79 Å². The normalized spacial score (nSPS) is 20.1. The van der Waals surface area contributed by atoms with E-state index in [1.54, 1.807) is 18.3 Å². The molecule has 1 fully saturated rings. The molecule has 0 aliphatic carbocycles. The minimum absolute atomic E-state index is 0.144. The average Bonchev–Trinajstić information content (AvgIpc) is 2.45. The Morgan fingerprint density at radius 2 is 2.40 bits per heavy atom. The van der Waals surface area contributed by atoms with Gasteiger partial charge in [-0.1, -0.05) is 11.6 Å². The fraction of sp³-hybridized carbons (Fsp3) is 0.600. The van der Waals surface area contributed by atoms with Crippen LogP contribution >= 0.6 is 11.6 Å². The van der Waals surface area contributed by atoms with E-state index in [-0.39, 0.29) is 5.91 Å². The first-order chi connectivity index (χ1) is 9.56. The van der Waals surface area contributed by atoms with Gasteiger partial charge in [-0.2, -0.15) is 0 Å². The highest BCUT2D eigenvalue weighted by Crippen LogP contribution is 2.17. The molecule has 0 bridgehead atoms. The zero-order chi connectivity index (χ0) is 14.5. The molecule has 4 nitrogen and oxygen atoms in total. The van der Waals surface area contributed by atoms with Crippen LogP contribution in [-0.2, 0) is 0 Å². The first kappa shape index (κ1) is 15.3. The van der Waals surface area contributed by atoms with Crippen molar-refractivity contribution in [1.29, 1.82) is 0 Å². The number of pyridine rings is 1. The molecule has 1 atom stereocenters. The van der Waals surface area contributed by atoms with Gasteiger partial charge in [-0.25, -0.2) is 0 Å². The highest BCUT2D eigenvalue weighted by molar-refractivity contribution is 6.30. The van der Waals surface area contributed by atoms with E-state index in [9.17, 15) is 4.79 Å². The Labute approximate surface area is 125 Å². The molecule has 0 aromatic carbocycles. The number of hydrogen-bond acceptors (Lipinski definition) is 3. The molecule has 1 aromatic rings. The second-order valence-electron chi connectivity index (χ2n) is 5.67. The van der Waals surface area contributed by atoms with Crippen LogP contribution in [0.4, 0.5) is 0 Å². The Hall–Kier alpha value is -1.13. The Morgan fingerprint density at radius 1 is 1.60 bits per heavy atom. The number of rotatable bonds is 4. The summed E-state index contributed by atoms with van der Waals surface area (Å²) in [5.41, 5.74) is 0.383. The van der Waals surface area contributed by atoms with Crippen LogP contribution < -0.4 is 5.32 Å².